The van der Waals surface area contributed by atoms with Gasteiger partial charge in [0.1, 0.15) is 53.6 Å². The second-order valence-corrected chi connectivity index (χ2v) is 26.6. The number of rotatable bonds is 19. The van der Waals surface area contributed by atoms with Gasteiger partial charge >= 0.3 is 12.1 Å². The van der Waals surface area contributed by atoms with Crippen molar-refractivity contribution >= 4 is 56.7 Å². The van der Waals surface area contributed by atoms with Gasteiger partial charge in [-0.2, -0.15) is 9.97 Å². The number of hydrogen-bond acceptors (Lipinski definition) is 18. The second kappa shape index (κ2) is 24.8. The minimum Gasteiger partial charge on any atom is -0.474 e. The number of carbonyl (C=O) groups excluding carboxylic acids is 3. The maximum Gasteiger partial charge on any atom is 0.410 e. The van der Waals surface area contributed by atoms with Crippen molar-refractivity contribution in [2.45, 2.75) is 160 Å². The molecule has 22 heteroatoms. The normalized spacial score (nSPS) is 22.6. The molecular weight excluding hydrogens is 1140 g/mol. The van der Waals surface area contributed by atoms with E-state index in [0.717, 1.165) is 83.1 Å². The maximum absolute atomic E-state index is 17.9. The number of anilines is 1. The van der Waals surface area contributed by atoms with Crippen LogP contribution in [0.2, 0.25) is 0 Å². The number of fused-ring (bicyclic) bond motifs is 5. The first-order chi connectivity index (χ1) is 42.3. The van der Waals surface area contributed by atoms with Crippen molar-refractivity contribution in [1.29, 1.82) is 0 Å². The number of methoxy groups -OCH3 is 1. The third-order valence-electron chi connectivity index (χ3n) is 18.4. The number of ether oxygens (including phenoxy) is 5. The molecule has 20 nitrogen and oxygen atoms in total. The number of hydrogen-bond donors (Lipinski definition) is 2. The summed E-state index contributed by atoms with van der Waals surface area (Å²) in [6.45, 7) is 17.6. The molecular formula is C66H79FN10O10S. The van der Waals surface area contributed by atoms with E-state index in [0.29, 0.717) is 54.4 Å². The van der Waals surface area contributed by atoms with Gasteiger partial charge in [0.05, 0.1) is 51.2 Å². The van der Waals surface area contributed by atoms with Gasteiger partial charge in [0.2, 0.25) is 11.8 Å². The van der Waals surface area contributed by atoms with Crippen LogP contribution in [0.3, 0.4) is 0 Å². The van der Waals surface area contributed by atoms with Crippen LogP contribution in [-0.4, -0.2) is 158 Å². The molecule has 466 valence electrons. The van der Waals surface area contributed by atoms with Gasteiger partial charge in [-0.15, -0.1) is 11.3 Å². The summed E-state index contributed by atoms with van der Waals surface area (Å²) in [4.78, 5) is 70.3. The topological polar surface area (TPSA) is 220 Å². The number of benzene rings is 3. The Balaban J connectivity index is 0.758. The van der Waals surface area contributed by atoms with Crippen LogP contribution in [0.4, 0.5) is 15.0 Å². The molecule has 9 heterocycles. The molecule has 2 unspecified atom stereocenters. The highest BCUT2D eigenvalue weighted by molar-refractivity contribution is 7.13. The monoisotopic (exact) mass is 1220 g/mol. The van der Waals surface area contributed by atoms with Gasteiger partial charge in [0.15, 0.2) is 18.4 Å². The lowest BCUT2D eigenvalue weighted by molar-refractivity contribution is -0.141. The molecule has 0 radical (unpaired) electrons. The van der Waals surface area contributed by atoms with Gasteiger partial charge in [0.25, 0.3) is 5.88 Å². The maximum atomic E-state index is 17.9. The lowest BCUT2D eigenvalue weighted by atomic mass is 9.91. The Hall–Kier alpha value is -7.53. The largest absolute Gasteiger partial charge is 0.474 e. The summed E-state index contributed by atoms with van der Waals surface area (Å²) in [5, 5.41) is 20.4. The minimum atomic E-state index is -0.883. The molecule has 5 aliphatic heterocycles. The number of pyridine rings is 1. The Kier molecular flexibility index (Phi) is 17.1. The summed E-state index contributed by atoms with van der Waals surface area (Å²) in [5.41, 5.74) is 5.48. The van der Waals surface area contributed by atoms with Crippen LogP contribution in [0.1, 0.15) is 128 Å². The van der Waals surface area contributed by atoms with Crippen LogP contribution in [0.5, 0.6) is 17.6 Å². The number of amides is 3. The van der Waals surface area contributed by atoms with Gasteiger partial charge in [-0.25, -0.2) is 14.2 Å². The SMILES string of the molecule is CCc1cccc2cc(OCOC)cc(-c3ncc4c(N5CC6CCC(C5)N6C(=O)OC(C)(C)C)nc(OC[C@@]56CCCN5[C@H](COc5cc([C@@H](C(=O)N7C[C@@H](O)C[C@H]7C(=O)N[C@@H](C)c7ccc(-c8scnc8C)cc7)C(C)C)on5)CC6)nc4c3F)c12. The minimum absolute atomic E-state index is 0.00857. The number of carbonyl (C=O) groups is 3. The number of nitrogens with zero attached hydrogens (tertiary/aromatic N) is 9. The molecule has 3 aromatic carbocycles. The summed E-state index contributed by atoms with van der Waals surface area (Å²) < 4.78 is 54.0. The molecule has 0 spiro atoms. The Morgan fingerprint density at radius 3 is 2.45 bits per heavy atom. The molecule has 2 N–H and O–H groups in total. The zero-order valence-corrected chi connectivity index (χ0v) is 52.4. The standard InChI is InChI=1S/C66H79FN10O10S/c1-10-40-13-11-14-43-25-48(85-36-82-9)27-49(55(40)43)57-56(67)58-50(29-68-57)60(74-30-44-19-20-45(31-74)77(44)64(81)86-65(6,7)8)72-63(71-58)84-34-66-22-12-24-76(66)46(21-23-66)33-83-53-28-52(87-73-53)54(37(2)3)62(80)75-32-47(78)26-51(75)61(79)70-38(4)41-15-17-42(18-16-41)59-39(5)69-35-88-59/h11,13-18,25,27-29,35,37-38,44-47,51,54,78H,10,12,19-24,26,30-34,36H2,1-9H3,(H,70,79)/t38-,44?,45?,46-,47-,51-,54-,66-/m0/s1. The number of piperazine rings is 1. The van der Waals surface area contributed by atoms with Crippen LogP contribution < -0.4 is 24.4 Å². The van der Waals surface area contributed by atoms with Gasteiger partial charge < -0.3 is 48.4 Å². The van der Waals surface area contributed by atoms with E-state index in [1.165, 1.54) is 4.90 Å². The predicted octanol–water partition coefficient (Wildman–Crippen LogP) is 10.6. The molecule has 5 aliphatic rings. The van der Waals surface area contributed by atoms with Crippen molar-refractivity contribution in [2.24, 2.45) is 5.92 Å². The molecule has 5 fully saturated rings. The Morgan fingerprint density at radius 1 is 0.955 bits per heavy atom. The fourth-order valence-electron chi connectivity index (χ4n) is 14.1. The van der Waals surface area contributed by atoms with Gasteiger partial charge in [0, 0.05) is 57.0 Å². The summed E-state index contributed by atoms with van der Waals surface area (Å²) in [7, 11) is 1.55. The summed E-state index contributed by atoms with van der Waals surface area (Å²) in [6, 6.07) is 17.9. The highest BCUT2D eigenvalue weighted by Crippen LogP contribution is 2.45. The fraction of sp³-hybridized carbons (Fsp3) is 0.515. The van der Waals surface area contributed by atoms with Gasteiger partial charge in [-0.1, -0.05) is 63.2 Å². The molecule has 4 aromatic heterocycles. The number of halogens is 1. The second-order valence-electron chi connectivity index (χ2n) is 25.7. The number of β-amino-alcohol motifs (C(OH)–C–C–N with tert-alkyl or cyclic N) is 1. The van der Waals surface area contributed by atoms with Crippen LogP contribution in [-0.2, 0) is 25.5 Å². The number of aliphatic hydroxyl groups is 1. The van der Waals surface area contributed by atoms with Gasteiger partial charge in [-0.05, 0) is 137 Å². The van der Waals surface area contributed by atoms with E-state index in [-0.39, 0.29) is 103 Å². The van der Waals surface area contributed by atoms with E-state index in [4.69, 9.17) is 43.2 Å². The quantitative estimate of drug-likeness (QED) is 0.0719. The first-order valence-electron chi connectivity index (χ1n) is 30.9. The smallest absolute Gasteiger partial charge is 0.410 e. The van der Waals surface area contributed by atoms with E-state index >= 15 is 4.39 Å². The third-order valence-corrected chi connectivity index (χ3v) is 19.3. The predicted molar refractivity (Wildman–Crippen MR) is 331 cm³/mol. The summed E-state index contributed by atoms with van der Waals surface area (Å²) >= 11 is 1.58. The summed E-state index contributed by atoms with van der Waals surface area (Å²) in [5.74, 6) is -0.805. The lowest BCUT2D eigenvalue weighted by Gasteiger charge is -2.42. The first-order valence-corrected chi connectivity index (χ1v) is 31.8. The zero-order chi connectivity index (χ0) is 61.8. The average Bonchev–Trinajstić information content (AvgIpc) is 3.16. The number of nitrogens with one attached hydrogen (secondary N) is 1. The number of thiazole rings is 1. The Bertz CT molecular complexity index is 3710. The van der Waals surface area contributed by atoms with Crippen molar-refractivity contribution in [3.05, 3.63) is 101 Å². The molecule has 7 aromatic rings. The van der Waals surface area contributed by atoms with Crippen molar-refractivity contribution in [3.63, 3.8) is 0 Å². The van der Waals surface area contributed by atoms with Crippen LogP contribution in [0.15, 0.2) is 76.9 Å². The molecule has 12 rings (SSSR count). The molecule has 8 atom stereocenters. The molecule has 3 amide bonds. The first kappa shape index (κ1) is 60.7. The average molecular weight is 1220 g/mol. The molecule has 88 heavy (non-hydrogen) atoms. The van der Waals surface area contributed by atoms with Crippen molar-refractivity contribution < 1.29 is 52.1 Å². The fourth-order valence-corrected chi connectivity index (χ4v) is 15.0. The molecule has 5 saturated heterocycles. The van der Waals surface area contributed by atoms with Crippen molar-refractivity contribution in [1.82, 2.24) is 45.1 Å². The van der Waals surface area contributed by atoms with E-state index in [1.54, 1.807) is 36.8 Å². The number of aliphatic hydroxyl groups excluding tert-OH is 1. The van der Waals surface area contributed by atoms with Crippen LogP contribution in [0.25, 0.3) is 43.4 Å². The number of aryl methyl sites for hydroxylation is 2. The van der Waals surface area contributed by atoms with Gasteiger partial charge in [-0.3, -0.25) is 24.4 Å². The Morgan fingerprint density at radius 2 is 1.74 bits per heavy atom. The van der Waals surface area contributed by atoms with E-state index < -0.39 is 29.5 Å². The molecule has 2 bridgehead atoms. The Labute approximate surface area is 516 Å². The number of likely N-dealkylation sites (tertiary alicyclic amines) is 1. The molecule has 0 saturated carbocycles. The highest BCUT2D eigenvalue weighted by Gasteiger charge is 2.51. The van der Waals surface area contributed by atoms with Crippen LogP contribution in [0, 0.1) is 18.7 Å². The van der Waals surface area contributed by atoms with Crippen molar-refractivity contribution in [3.8, 4) is 39.3 Å². The van der Waals surface area contributed by atoms with Crippen LogP contribution >= 0.6 is 11.3 Å². The van der Waals surface area contributed by atoms with E-state index in [9.17, 15) is 19.5 Å². The number of aromatic nitrogens is 5. The van der Waals surface area contributed by atoms with E-state index in [1.807, 2.05) is 107 Å². The van der Waals surface area contributed by atoms with Crippen molar-refractivity contribution in [2.75, 3.05) is 58.2 Å². The highest BCUT2D eigenvalue weighted by atomic mass is 32.1. The molecule has 0 aliphatic carbocycles. The van der Waals surface area contributed by atoms with E-state index in [2.05, 4.69) is 32.2 Å². The summed E-state index contributed by atoms with van der Waals surface area (Å²) in [6.07, 6.45) is 6.21. The zero-order valence-electron chi connectivity index (χ0n) is 51.6. The third kappa shape index (κ3) is 12.0. The lowest BCUT2D eigenvalue weighted by Crippen LogP contribution is -2.57.